The molecule has 1 N–H and O–H groups in total. The van der Waals surface area contributed by atoms with Crippen LogP contribution in [-0.4, -0.2) is 55.9 Å². The molecule has 198 valence electrons. The zero-order valence-electron chi connectivity index (χ0n) is 22.3. The van der Waals surface area contributed by atoms with Gasteiger partial charge in [0, 0.05) is 41.5 Å². The minimum absolute atomic E-state index is 0.00664. The van der Waals surface area contributed by atoms with Crippen molar-refractivity contribution in [3.8, 4) is 0 Å². The molecule has 2 heterocycles. The van der Waals surface area contributed by atoms with Gasteiger partial charge in [0.2, 0.25) is 11.8 Å². The number of thioether (sulfide) groups is 1. The van der Waals surface area contributed by atoms with Crippen LogP contribution in [0.4, 0.5) is 0 Å². The summed E-state index contributed by atoms with van der Waals surface area (Å²) in [6, 6.07) is 9.30. The lowest BCUT2D eigenvalue weighted by molar-refractivity contribution is -0.156. The summed E-state index contributed by atoms with van der Waals surface area (Å²) in [6.45, 7) is 15.6. The number of hydrogen-bond donors (Lipinski definition) is 1. The van der Waals surface area contributed by atoms with Gasteiger partial charge in [-0.2, -0.15) is 0 Å². The van der Waals surface area contributed by atoms with E-state index in [1.54, 1.807) is 4.90 Å². The first-order chi connectivity index (χ1) is 16.8. The van der Waals surface area contributed by atoms with E-state index in [2.05, 4.69) is 46.1 Å². The number of amides is 2. The highest BCUT2D eigenvalue weighted by molar-refractivity contribution is 8.03. The molecular formula is C26H38N2O5S2Si. The third kappa shape index (κ3) is 6.38. The summed E-state index contributed by atoms with van der Waals surface area (Å²) in [5.41, 5.74) is 0.343. The Morgan fingerprint density at radius 3 is 2.44 bits per heavy atom. The molecule has 7 nitrogen and oxygen atoms in total. The summed E-state index contributed by atoms with van der Waals surface area (Å²) < 4.78 is 11.9. The van der Waals surface area contributed by atoms with Crippen LogP contribution in [0, 0.1) is 11.8 Å². The molecule has 2 aliphatic heterocycles. The summed E-state index contributed by atoms with van der Waals surface area (Å²) in [5.74, 6) is -0.210. The molecular weight excluding hydrogens is 513 g/mol. The van der Waals surface area contributed by atoms with Crippen LogP contribution in [0.1, 0.15) is 41.0 Å². The highest BCUT2D eigenvalue weighted by Gasteiger charge is 2.58. The Morgan fingerprint density at radius 2 is 1.83 bits per heavy atom. The third-order valence-electron chi connectivity index (χ3n) is 7.25. The highest BCUT2D eigenvalue weighted by atomic mass is 32.2. The van der Waals surface area contributed by atoms with Crippen molar-refractivity contribution >= 4 is 49.9 Å². The maximum absolute atomic E-state index is 13.3. The number of nitrogens with one attached hydrogen (secondary N) is 1. The van der Waals surface area contributed by atoms with Crippen LogP contribution >= 0.6 is 23.8 Å². The van der Waals surface area contributed by atoms with Crippen LogP contribution in [-0.2, 0) is 23.0 Å². The van der Waals surface area contributed by atoms with Crippen molar-refractivity contribution < 1.29 is 23.0 Å². The first-order valence-electron chi connectivity index (χ1n) is 12.4. The molecule has 0 aliphatic carbocycles. The Kier molecular flexibility index (Phi) is 9.40. The fraction of sp³-hybridized carbons (Fsp3) is 0.577. The van der Waals surface area contributed by atoms with E-state index >= 15 is 0 Å². The summed E-state index contributed by atoms with van der Waals surface area (Å²) in [6.07, 6.45) is 0.641. The number of β-lactam (4-membered cyclic amide) rings is 1. The van der Waals surface area contributed by atoms with E-state index in [0.29, 0.717) is 31.0 Å². The van der Waals surface area contributed by atoms with E-state index in [9.17, 15) is 14.4 Å². The van der Waals surface area contributed by atoms with E-state index in [1.165, 1.54) is 18.7 Å². The number of benzene rings is 1. The van der Waals surface area contributed by atoms with Gasteiger partial charge in [0.25, 0.3) is 0 Å². The van der Waals surface area contributed by atoms with Crippen molar-refractivity contribution in [2.45, 2.75) is 70.1 Å². The number of carbonyl (C=O) groups excluding carboxylic acids is 3. The topological polar surface area (TPSA) is 84.9 Å². The maximum atomic E-state index is 13.3. The van der Waals surface area contributed by atoms with Crippen LogP contribution in [0.5, 0.6) is 0 Å². The van der Waals surface area contributed by atoms with Crippen molar-refractivity contribution in [1.82, 2.24) is 10.2 Å². The lowest BCUT2D eigenvalue weighted by Crippen LogP contribution is -2.60. The summed E-state index contributed by atoms with van der Waals surface area (Å²) >= 11 is 2.51. The zero-order valence-corrected chi connectivity index (χ0v) is 24.9. The minimum Gasteiger partial charge on any atom is -0.417 e. The molecule has 1 saturated heterocycles. The van der Waals surface area contributed by atoms with Crippen LogP contribution in [0.2, 0.25) is 18.1 Å². The van der Waals surface area contributed by atoms with Gasteiger partial charge in [0.1, 0.15) is 5.70 Å². The smallest absolute Gasteiger partial charge is 0.368 e. The second-order valence-corrected chi connectivity index (χ2v) is 17.6. The van der Waals surface area contributed by atoms with E-state index in [-0.39, 0.29) is 34.7 Å². The van der Waals surface area contributed by atoms with Crippen molar-refractivity contribution in [3.63, 3.8) is 0 Å². The molecule has 0 radical (unpaired) electrons. The molecule has 0 spiro atoms. The number of nitrogens with zero attached hydrogens (tertiary/aromatic N) is 1. The largest absolute Gasteiger partial charge is 0.417 e. The van der Waals surface area contributed by atoms with Crippen LogP contribution in [0.3, 0.4) is 0 Å². The lowest BCUT2D eigenvalue weighted by atomic mass is 9.80. The highest BCUT2D eigenvalue weighted by Crippen LogP contribution is 2.51. The van der Waals surface area contributed by atoms with Gasteiger partial charge in [0.05, 0.1) is 24.0 Å². The fourth-order valence-electron chi connectivity index (χ4n) is 4.23. The van der Waals surface area contributed by atoms with E-state index in [4.69, 9.17) is 8.61 Å². The normalized spacial score (nSPS) is 21.8. The molecule has 0 saturated carbocycles. The van der Waals surface area contributed by atoms with Gasteiger partial charge in [-0.05, 0) is 36.7 Å². The molecule has 1 fully saturated rings. The van der Waals surface area contributed by atoms with Crippen molar-refractivity contribution in [1.29, 1.82) is 0 Å². The van der Waals surface area contributed by atoms with Crippen LogP contribution < -0.4 is 5.32 Å². The maximum Gasteiger partial charge on any atom is 0.368 e. The van der Waals surface area contributed by atoms with E-state index < -0.39 is 14.3 Å². The van der Waals surface area contributed by atoms with Gasteiger partial charge in [-0.25, -0.2) is 4.79 Å². The molecule has 0 aromatic heterocycles. The second kappa shape index (κ2) is 11.7. The Bertz CT molecular complexity index is 1010. The second-order valence-electron chi connectivity index (χ2n) is 10.8. The standard InChI is InChI=1S/C26H38N2O5S2Si/c1-17-21-20(13-15-32-36(6,7)26(3,4)5)24(30)28(21)22(23(17)34-16-14-27-18(2)29)25(31)33-35-19-11-9-8-10-12-19/h8-12,17,20-21H,13-16H2,1-7H3,(H,27,29)/t17-,20+,21-/m1/s1. The minimum atomic E-state index is -1.90. The van der Waals surface area contributed by atoms with Crippen LogP contribution in [0.25, 0.3) is 0 Å². The first-order valence-corrected chi connectivity index (χ1v) is 17.0. The number of rotatable bonds is 11. The van der Waals surface area contributed by atoms with Gasteiger partial charge in [0.15, 0.2) is 8.32 Å². The van der Waals surface area contributed by atoms with Crippen molar-refractivity contribution in [2.24, 2.45) is 11.8 Å². The average molecular weight is 551 g/mol. The molecule has 2 aliphatic rings. The predicted molar refractivity (Wildman–Crippen MR) is 148 cm³/mol. The van der Waals surface area contributed by atoms with Gasteiger partial charge in [-0.3, -0.25) is 9.59 Å². The van der Waals surface area contributed by atoms with E-state index in [0.717, 1.165) is 21.8 Å². The third-order valence-corrected chi connectivity index (χ3v) is 13.8. The Hall–Kier alpha value is -1.75. The fourth-order valence-corrected chi connectivity index (χ4v) is 6.96. The van der Waals surface area contributed by atoms with Gasteiger partial charge >= 0.3 is 5.97 Å². The van der Waals surface area contributed by atoms with Crippen LogP contribution in [0.15, 0.2) is 45.8 Å². The number of carbonyl (C=O) groups is 3. The Balaban J connectivity index is 1.71. The molecule has 3 rings (SSSR count). The van der Waals surface area contributed by atoms with E-state index in [1.807, 2.05) is 30.3 Å². The summed E-state index contributed by atoms with van der Waals surface area (Å²) in [4.78, 5) is 41.0. The van der Waals surface area contributed by atoms with Gasteiger partial charge in [-0.1, -0.05) is 45.9 Å². The summed E-state index contributed by atoms with van der Waals surface area (Å²) in [7, 11) is -1.90. The Morgan fingerprint density at radius 1 is 1.17 bits per heavy atom. The number of hydrogen-bond acceptors (Lipinski definition) is 7. The molecule has 0 bridgehead atoms. The molecule has 2 amide bonds. The SMILES string of the molecule is CC(=O)NCCSC1=C(C(=O)OSc2ccccc2)N2C(=O)[C@@H](CCO[Si](C)(C)C(C)(C)C)[C@H]2[C@H]1C. The summed E-state index contributed by atoms with van der Waals surface area (Å²) in [5, 5.41) is 2.90. The average Bonchev–Trinajstić information content (AvgIpc) is 3.06. The Labute approximate surface area is 224 Å². The van der Waals surface area contributed by atoms with Crippen molar-refractivity contribution in [2.75, 3.05) is 18.9 Å². The predicted octanol–water partition coefficient (Wildman–Crippen LogP) is 5.21. The molecule has 0 unspecified atom stereocenters. The lowest BCUT2D eigenvalue weighted by Gasteiger charge is -2.46. The molecule has 1 aromatic rings. The number of fused-ring (bicyclic) bond motifs is 1. The first kappa shape index (κ1) is 28.8. The van der Waals surface area contributed by atoms with Gasteiger partial charge < -0.3 is 18.8 Å². The van der Waals surface area contributed by atoms with Gasteiger partial charge in [-0.15, -0.1) is 11.8 Å². The molecule has 3 atom stereocenters. The molecule has 36 heavy (non-hydrogen) atoms. The van der Waals surface area contributed by atoms with Crippen molar-refractivity contribution in [3.05, 3.63) is 40.9 Å². The zero-order chi connectivity index (χ0) is 26.7. The molecule has 10 heteroatoms. The quantitative estimate of drug-likeness (QED) is 0.175. The molecule has 1 aromatic carbocycles. The monoisotopic (exact) mass is 550 g/mol.